The second-order valence-electron chi connectivity index (χ2n) is 6.56. The van der Waals surface area contributed by atoms with Gasteiger partial charge in [-0.2, -0.15) is 0 Å². The third-order valence-corrected chi connectivity index (χ3v) is 5.18. The number of amides is 1. The molecule has 0 bridgehead atoms. The van der Waals surface area contributed by atoms with Crippen LogP contribution in [0, 0.1) is 0 Å². The summed E-state index contributed by atoms with van der Waals surface area (Å²) in [7, 11) is 0. The van der Waals surface area contributed by atoms with Crippen molar-refractivity contribution in [2.75, 3.05) is 11.4 Å². The van der Waals surface area contributed by atoms with Crippen molar-refractivity contribution in [3.63, 3.8) is 0 Å². The maximum Gasteiger partial charge on any atom is 0.325 e. The molecular formula is C19H16BrCl2N3O3. The lowest BCUT2D eigenvalue weighted by Gasteiger charge is -2.22. The topological polar surface area (TPSA) is 82.0 Å². The van der Waals surface area contributed by atoms with E-state index in [4.69, 9.17) is 28.3 Å². The summed E-state index contributed by atoms with van der Waals surface area (Å²) in [6.45, 7) is 1.27. The molecule has 2 aromatic carbocycles. The SMILES string of the molecule is C[C@]1(Cc2ccc(Br)cc2)NC(=NCC(=O)O)N(c2cc(Cl)cc(Cl)c2)C1=O. The van der Waals surface area contributed by atoms with Crippen LogP contribution < -0.4 is 10.2 Å². The maximum atomic E-state index is 13.3. The van der Waals surface area contributed by atoms with Crippen LogP contribution in [-0.2, 0) is 16.0 Å². The van der Waals surface area contributed by atoms with Crippen LogP contribution in [-0.4, -0.2) is 35.0 Å². The van der Waals surface area contributed by atoms with E-state index < -0.39 is 18.1 Å². The Morgan fingerprint density at radius 3 is 2.39 bits per heavy atom. The highest BCUT2D eigenvalue weighted by molar-refractivity contribution is 9.10. The van der Waals surface area contributed by atoms with Gasteiger partial charge in [0.05, 0.1) is 5.69 Å². The number of aliphatic imine (C=N–C) groups is 1. The Kier molecular flexibility index (Phi) is 5.98. The number of aliphatic carboxylic acids is 1. The van der Waals surface area contributed by atoms with E-state index in [0.717, 1.165) is 10.0 Å². The molecule has 1 amide bonds. The van der Waals surface area contributed by atoms with Crippen LogP contribution >= 0.6 is 39.1 Å². The smallest absolute Gasteiger partial charge is 0.325 e. The molecule has 1 heterocycles. The molecule has 6 nitrogen and oxygen atoms in total. The van der Waals surface area contributed by atoms with Crippen molar-refractivity contribution in [1.82, 2.24) is 5.32 Å². The minimum absolute atomic E-state index is 0.144. The van der Waals surface area contributed by atoms with Crippen molar-refractivity contribution in [3.05, 3.63) is 62.5 Å². The van der Waals surface area contributed by atoms with Gasteiger partial charge in [0.15, 0.2) is 0 Å². The monoisotopic (exact) mass is 483 g/mol. The number of hydrogen-bond acceptors (Lipinski definition) is 3. The van der Waals surface area contributed by atoms with Crippen LogP contribution in [0.2, 0.25) is 10.0 Å². The van der Waals surface area contributed by atoms with Gasteiger partial charge < -0.3 is 10.4 Å². The fourth-order valence-electron chi connectivity index (χ4n) is 2.99. The molecule has 0 aliphatic carbocycles. The maximum absolute atomic E-state index is 13.3. The molecule has 1 aliphatic heterocycles. The molecule has 0 aromatic heterocycles. The molecule has 0 spiro atoms. The van der Waals surface area contributed by atoms with Gasteiger partial charge in [-0.3, -0.25) is 9.59 Å². The summed E-state index contributed by atoms with van der Waals surface area (Å²) in [4.78, 5) is 29.7. The van der Waals surface area contributed by atoms with Crippen molar-refractivity contribution in [2.24, 2.45) is 4.99 Å². The Bertz CT molecular complexity index is 945. The van der Waals surface area contributed by atoms with E-state index in [1.165, 1.54) is 4.90 Å². The number of nitrogens with zero attached hydrogens (tertiary/aromatic N) is 2. The van der Waals surface area contributed by atoms with Gasteiger partial charge in [0.2, 0.25) is 5.96 Å². The molecule has 9 heteroatoms. The first-order chi connectivity index (χ1) is 13.2. The molecule has 3 rings (SSSR count). The molecule has 28 heavy (non-hydrogen) atoms. The van der Waals surface area contributed by atoms with Crippen LogP contribution in [0.3, 0.4) is 0 Å². The minimum atomic E-state index is -1.10. The van der Waals surface area contributed by atoms with Crippen molar-refractivity contribution in [1.29, 1.82) is 0 Å². The average Bonchev–Trinajstić information content (AvgIpc) is 2.85. The summed E-state index contributed by atoms with van der Waals surface area (Å²) in [5, 5.41) is 12.8. The number of nitrogens with one attached hydrogen (secondary N) is 1. The van der Waals surface area contributed by atoms with Crippen LogP contribution in [0.1, 0.15) is 12.5 Å². The number of hydrogen-bond donors (Lipinski definition) is 2. The van der Waals surface area contributed by atoms with E-state index in [9.17, 15) is 9.59 Å². The Hall–Kier alpha value is -2.09. The third kappa shape index (κ3) is 4.48. The highest BCUT2D eigenvalue weighted by atomic mass is 79.9. The summed E-state index contributed by atoms with van der Waals surface area (Å²) in [6, 6.07) is 12.3. The standard InChI is InChI=1S/C19H16BrCl2N3O3/c1-19(9-11-2-4-12(20)5-3-11)17(28)25(18(24-19)23-10-16(26)27)15-7-13(21)6-14(22)8-15/h2-8H,9-10H2,1H3,(H,23,24)(H,26,27)/t19-/m1/s1. The van der Waals surface area contributed by atoms with Crippen molar-refractivity contribution < 1.29 is 14.7 Å². The number of carbonyl (C=O) groups excluding carboxylic acids is 1. The van der Waals surface area contributed by atoms with Gasteiger partial charge in [-0.1, -0.05) is 51.3 Å². The summed E-state index contributed by atoms with van der Waals surface area (Å²) < 4.78 is 0.936. The lowest BCUT2D eigenvalue weighted by atomic mass is 9.93. The first kappa shape index (κ1) is 20.6. The first-order valence-electron chi connectivity index (χ1n) is 8.27. The number of guanidine groups is 1. The second-order valence-corrected chi connectivity index (χ2v) is 8.35. The first-order valence-corrected chi connectivity index (χ1v) is 9.82. The van der Waals surface area contributed by atoms with Crippen LogP contribution in [0.5, 0.6) is 0 Å². The highest BCUT2D eigenvalue weighted by Gasteiger charge is 2.47. The molecule has 146 valence electrons. The minimum Gasteiger partial charge on any atom is -0.480 e. The normalized spacial score (nSPS) is 20.5. The molecule has 2 N–H and O–H groups in total. The van der Waals surface area contributed by atoms with Crippen molar-refractivity contribution in [3.8, 4) is 0 Å². The summed E-state index contributed by atoms with van der Waals surface area (Å²) >= 11 is 15.6. The Labute approximate surface area is 180 Å². The van der Waals surface area contributed by atoms with Crippen LogP contribution in [0.4, 0.5) is 5.69 Å². The van der Waals surface area contributed by atoms with Crippen LogP contribution in [0.25, 0.3) is 0 Å². The van der Waals surface area contributed by atoms with E-state index in [1.807, 2.05) is 24.3 Å². The molecule has 2 aromatic rings. The largest absolute Gasteiger partial charge is 0.480 e. The van der Waals surface area contributed by atoms with E-state index in [-0.39, 0.29) is 11.9 Å². The Morgan fingerprint density at radius 2 is 1.82 bits per heavy atom. The molecule has 1 aliphatic rings. The lowest BCUT2D eigenvalue weighted by molar-refractivity contribution is -0.135. The van der Waals surface area contributed by atoms with Gasteiger partial charge in [0.1, 0.15) is 12.1 Å². The summed E-state index contributed by atoms with van der Waals surface area (Å²) in [5.74, 6) is -1.24. The zero-order chi connectivity index (χ0) is 20.5. The quantitative estimate of drug-likeness (QED) is 0.668. The second kappa shape index (κ2) is 8.11. The summed E-state index contributed by atoms with van der Waals surface area (Å²) in [6.07, 6.45) is 0.385. The molecule has 1 fully saturated rings. The van der Waals surface area contributed by atoms with Gasteiger partial charge in [0, 0.05) is 20.9 Å². The number of carboxylic acid groups (broad SMARTS) is 1. The Morgan fingerprint density at radius 1 is 1.21 bits per heavy atom. The fourth-order valence-corrected chi connectivity index (χ4v) is 3.77. The number of benzene rings is 2. The number of carboxylic acids is 1. The molecule has 0 unspecified atom stereocenters. The highest BCUT2D eigenvalue weighted by Crippen LogP contribution is 2.31. The van der Waals surface area contributed by atoms with E-state index in [2.05, 4.69) is 26.2 Å². The number of halogens is 3. The van der Waals surface area contributed by atoms with Gasteiger partial charge in [-0.15, -0.1) is 0 Å². The summed E-state index contributed by atoms with van der Waals surface area (Å²) in [5.41, 5.74) is 0.341. The predicted octanol–water partition coefficient (Wildman–Crippen LogP) is 4.13. The van der Waals surface area contributed by atoms with Gasteiger partial charge in [-0.25, -0.2) is 9.89 Å². The Balaban J connectivity index is 2.00. The van der Waals surface area contributed by atoms with Crippen LogP contribution in [0.15, 0.2) is 51.9 Å². The number of rotatable bonds is 5. The zero-order valence-electron chi connectivity index (χ0n) is 14.7. The van der Waals surface area contributed by atoms with Gasteiger partial charge in [-0.05, 0) is 42.8 Å². The van der Waals surface area contributed by atoms with E-state index in [1.54, 1.807) is 25.1 Å². The lowest BCUT2D eigenvalue weighted by Crippen LogP contribution is -2.46. The molecular weight excluding hydrogens is 469 g/mol. The predicted molar refractivity (Wildman–Crippen MR) is 113 cm³/mol. The van der Waals surface area contributed by atoms with Gasteiger partial charge in [0.25, 0.3) is 5.91 Å². The molecule has 0 radical (unpaired) electrons. The van der Waals surface area contributed by atoms with E-state index in [0.29, 0.717) is 22.2 Å². The fraction of sp³-hybridized carbons (Fsp3) is 0.211. The average molecular weight is 485 g/mol. The molecule has 1 saturated heterocycles. The van der Waals surface area contributed by atoms with Crippen molar-refractivity contribution in [2.45, 2.75) is 18.9 Å². The number of anilines is 1. The van der Waals surface area contributed by atoms with Crippen molar-refractivity contribution >= 4 is 62.7 Å². The third-order valence-electron chi connectivity index (χ3n) is 4.22. The molecule has 0 saturated carbocycles. The zero-order valence-corrected chi connectivity index (χ0v) is 17.8. The molecule has 1 atom stereocenters. The van der Waals surface area contributed by atoms with E-state index >= 15 is 0 Å². The number of carbonyl (C=O) groups is 2. The van der Waals surface area contributed by atoms with Gasteiger partial charge >= 0.3 is 5.97 Å².